The minimum Gasteiger partial charge on any atom is -0.465 e. The summed E-state index contributed by atoms with van der Waals surface area (Å²) in [5.74, 6) is -0.326. The van der Waals surface area contributed by atoms with Crippen molar-refractivity contribution >= 4 is 14.3 Å². The van der Waals surface area contributed by atoms with Crippen molar-refractivity contribution in [1.29, 1.82) is 0 Å². The highest BCUT2D eigenvalue weighted by atomic mass is 28.4. The van der Waals surface area contributed by atoms with Crippen molar-refractivity contribution < 1.29 is 14.0 Å². The Morgan fingerprint density at radius 1 is 1.39 bits per heavy atom. The number of hydrogen-bond acceptors (Lipinski definition) is 4. The highest BCUT2D eigenvalue weighted by Crippen LogP contribution is 2.49. The molecular weight excluding hydrogens is 308 g/mol. The third-order valence-electron chi connectivity index (χ3n) is 5.44. The number of methoxy groups -OCH3 is 1. The average Bonchev–Trinajstić information content (AvgIpc) is 2.74. The first-order chi connectivity index (χ1) is 10.4. The molecule has 0 N–H and O–H groups in total. The van der Waals surface area contributed by atoms with Gasteiger partial charge in [0.1, 0.15) is 5.56 Å². The number of ether oxygens (including phenoxy) is 1. The molecule has 0 unspecified atom stereocenters. The lowest BCUT2D eigenvalue weighted by Gasteiger charge is -2.52. The van der Waals surface area contributed by atoms with Gasteiger partial charge in [-0.05, 0) is 44.8 Å². The Hall–Kier alpha value is -1.14. The minimum atomic E-state index is -1.78. The fraction of sp³-hybridized carbons (Fsp3) is 0.765. The maximum atomic E-state index is 11.7. The quantitative estimate of drug-likeness (QED) is 0.613. The van der Waals surface area contributed by atoms with Crippen LogP contribution in [0.5, 0.6) is 0 Å². The Morgan fingerprint density at radius 2 is 1.96 bits per heavy atom. The van der Waals surface area contributed by atoms with Crippen molar-refractivity contribution in [2.45, 2.75) is 77.2 Å². The first kappa shape index (κ1) is 18.2. The molecular formula is C17H30N2O3Si. The van der Waals surface area contributed by atoms with Crippen LogP contribution in [0.4, 0.5) is 0 Å². The van der Waals surface area contributed by atoms with Crippen molar-refractivity contribution in [3.8, 4) is 0 Å². The molecule has 0 bridgehead atoms. The third kappa shape index (κ3) is 3.38. The smallest absolute Gasteiger partial charge is 0.341 e. The maximum absolute atomic E-state index is 11.7. The van der Waals surface area contributed by atoms with Crippen LogP contribution in [0.15, 0.2) is 6.20 Å². The summed E-state index contributed by atoms with van der Waals surface area (Å²) in [7, 11) is -0.381. The van der Waals surface area contributed by atoms with Crippen molar-refractivity contribution in [1.82, 2.24) is 9.78 Å². The molecule has 1 aromatic rings. The van der Waals surface area contributed by atoms with E-state index in [0.29, 0.717) is 11.6 Å². The van der Waals surface area contributed by atoms with Crippen LogP contribution in [-0.2, 0) is 9.16 Å². The van der Waals surface area contributed by atoms with Crippen molar-refractivity contribution in [2.75, 3.05) is 7.11 Å². The van der Waals surface area contributed by atoms with Crippen LogP contribution in [0, 0.1) is 6.92 Å². The topological polar surface area (TPSA) is 53.3 Å². The molecule has 1 heterocycles. The predicted molar refractivity (Wildman–Crippen MR) is 93.3 cm³/mol. The van der Waals surface area contributed by atoms with E-state index in [1.54, 1.807) is 6.20 Å². The summed E-state index contributed by atoms with van der Waals surface area (Å²) in [6.07, 6.45) is 3.47. The van der Waals surface area contributed by atoms with Gasteiger partial charge in [0.25, 0.3) is 0 Å². The lowest BCUT2D eigenvalue weighted by Crippen LogP contribution is -2.54. The van der Waals surface area contributed by atoms with E-state index in [1.807, 2.05) is 11.6 Å². The van der Waals surface area contributed by atoms with Gasteiger partial charge in [-0.15, -0.1) is 0 Å². The number of carbonyl (C=O) groups is 1. The summed E-state index contributed by atoms with van der Waals surface area (Å²) in [4.78, 5) is 11.7. The molecule has 2 rings (SSSR count). The average molecular weight is 339 g/mol. The summed E-state index contributed by atoms with van der Waals surface area (Å²) in [6, 6.07) is 0.295. The number of rotatable bonds is 4. The van der Waals surface area contributed by atoms with Crippen LogP contribution < -0.4 is 0 Å². The predicted octanol–water partition coefficient (Wildman–Crippen LogP) is 4.09. The van der Waals surface area contributed by atoms with E-state index < -0.39 is 8.32 Å². The van der Waals surface area contributed by atoms with E-state index >= 15 is 0 Å². The molecule has 1 aliphatic rings. The molecule has 1 fully saturated rings. The van der Waals surface area contributed by atoms with Gasteiger partial charge in [-0.2, -0.15) is 5.10 Å². The number of aromatic nitrogens is 2. The van der Waals surface area contributed by atoms with Crippen LogP contribution in [0.3, 0.4) is 0 Å². The third-order valence-corrected chi connectivity index (χ3v) is 10.1. The molecule has 5 nitrogen and oxygen atoms in total. The second kappa shape index (κ2) is 5.74. The van der Waals surface area contributed by atoms with E-state index in [2.05, 4.69) is 45.9 Å². The van der Waals surface area contributed by atoms with Gasteiger partial charge in [0.15, 0.2) is 8.32 Å². The van der Waals surface area contributed by atoms with Gasteiger partial charge < -0.3 is 9.16 Å². The summed E-state index contributed by atoms with van der Waals surface area (Å²) in [5.41, 5.74) is 1.33. The van der Waals surface area contributed by atoms with E-state index in [9.17, 15) is 4.79 Å². The number of esters is 1. The normalized spacial score (nSPS) is 25.1. The summed E-state index contributed by atoms with van der Waals surface area (Å²) in [5, 5.41) is 4.60. The van der Waals surface area contributed by atoms with Gasteiger partial charge in [-0.3, -0.25) is 4.68 Å². The fourth-order valence-electron chi connectivity index (χ4n) is 3.06. The standard InChI is InChI=1S/C17H30N2O3Si/c1-12-14(15(20)21-6)11-18-19(12)13-9-17(5,10-13)22-23(7,8)16(2,3)4/h11,13H,9-10H2,1-8H3. The molecule has 6 heteroatoms. The first-order valence-electron chi connectivity index (χ1n) is 8.23. The summed E-state index contributed by atoms with van der Waals surface area (Å²) < 4.78 is 13.3. The highest BCUT2D eigenvalue weighted by molar-refractivity contribution is 6.74. The molecule has 0 amide bonds. The molecule has 0 saturated heterocycles. The second-order valence-electron chi connectivity index (χ2n) is 8.45. The minimum absolute atomic E-state index is 0.0858. The summed E-state index contributed by atoms with van der Waals surface area (Å²) in [6.45, 7) is 15.5. The van der Waals surface area contributed by atoms with Gasteiger partial charge in [0, 0.05) is 0 Å². The molecule has 1 saturated carbocycles. The lowest BCUT2D eigenvalue weighted by molar-refractivity contribution is -0.0429. The molecule has 1 aromatic heterocycles. The Bertz CT molecular complexity index is 595. The SMILES string of the molecule is COC(=O)c1cnn(C2CC(C)(O[Si](C)(C)C(C)(C)C)C2)c1C. The van der Waals surface area contributed by atoms with Gasteiger partial charge >= 0.3 is 5.97 Å². The molecule has 0 aliphatic heterocycles. The van der Waals surface area contributed by atoms with Crippen molar-refractivity contribution in [3.05, 3.63) is 17.5 Å². The Balaban J connectivity index is 2.07. The molecule has 130 valence electrons. The Kier molecular flexibility index (Phi) is 4.54. The largest absolute Gasteiger partial charge is 0.465 e. The van der Waals surface area contributed by atoms with E-state index in [-0.39, 0.29) is 16.6 Å². The number of nitrogens with zero attached hydrogens (tertiary/aromatic N) is 2. The van der Waals surface area contributed by atoms with Gasteiger partial charge in [0.05, 0.1) is 30.6 Å². The summed E-state index contributed by atoms with van der Waals surface area (Å²) >= 11 is 0. The number of hydrogen-bond donors (Lipinski definition) is 0. The van der Waals surface area contributed by atoms with Crippen LogP contribution in [0.1, 0.15) is 62.6 Å². The van der Waals surface area contributed by atoms with Crippen molar-refractivity contribution in [3.63, 3.8) is 0 Å². The fourth-order valence-corrected chi connectivity index (χ4v) is 4.77. The van der Waals surface area contributed by atoms with E-state index in [0.717, 1.165) is 18.5 Å². The van der Waals surface area contributed by atoms with E-state index in [4.69, 9.17) is 9.16 Å². The Labute approximate surface area is 140 Å². The number of carbonyl (C=O) groups excluding carboxylic acids is 1. The molecule has 23 heavy (non-hydrogen) atoms. The van der Waals surface area contributed by atoms with E-state index in [1.165, 1.54) is 7.11 Å². The molecule has 1 aliphatic carbocycles. The van der Waals surface area contributed by atoms with Gasteiger partial charge in [-0.25, -0.2) is 4.79 Å². The Morgan fingerprint density at radius 3 is 2.43 bits per heavy atom. The molecule has 0 spiro atoms. The maximum Gasteiger partial charge on any atom is 0.341 e. The highest BCUT2D eigenvalue weighted by Gasteiger charge is 2.49. The van der Waals surface area contributed by atoms with Crippen LogP contribution >= 0.6 is 0 Å². The molecule has 0 atom stereocenters. The molecule has 0 aromatic carbocycles. The van der Waals surface area contributed by atoms with Crippen LogP contribution in [0.2, 0.25) is 18.1 Å². The zero-order valence-corrected chi connectivity index (χ0v) is 16.7. The second-order valence-corrected chi connectivity index (χ2v) is 13.2. The van der Waals surface area contributed by atoms with Gasteiger partial charge in [0.2, 0.25) is 0 Å². The first-order valence-corrected chi connectivity index (χ1v) is 11.1. The monoisotopic (exact) mass is 338 g/mol. The lowest BCUT2D eigenvalue weighted by atomic mass is 9.77. The molecule has 0 radical (unpaired) electrons. The van der Waals surface area contributed by atoms with Gasteiger partial charge in [-0.1, -0.05) is 20.8 Å². The van der Waals surface area contributed by atoms with Crippen LogP contribution in [-0.4, -0.2) is 36.8 Å². The zero-order chi connectivity index (χ0) is 17.6. The van der Waals surface area contributed by atoms with Crippen LogP contribution in [0.25, 0.3) is 0 Å². The zero-order valence-electron chi connectivity index (χ0n) is 15.7. The van der Waals surface area contributed by atoms with Crippen molar-refractivity contribution in [2.24, 2.45) is 0 Å².